The summed E-state index contributed by atoms with van der Waals surface area (Å²) in [5.41, 5.74) is 8.59. The van der Waals surface area contributed by atoms with Crippen LogP contribution in [0.2, 0.25) is 0 Å². The lowest BCUT2D eigenvalue weighted by Gasteiger charge is -2.18. The maximum atomic E-state index is 11.8. The monoisotopic (exact) mass is 282 g/mol. The van der Waals surface area contributed by atoms with Crippen molar-refractivity contribution in [3.8, 4) is 0 Å². The predicted molar refractivity (Wildman–Crippen MR) is 69.8 cm³/mol. The first kappa shape index (κ1) is 11.5. The lowest BCUT2D eigenvalue weighted by Crippen LogP contribution is -2.25. The molecule has 1 aliphatic rings. The third kappa shape index (κ3) is 2.07. The SMILES string of the molecule is Cc1ccc(N2CC(CBr)CC2=O)c(N)c1. The molecule has 0 bridgehead atoms. The first-order valence-corrected chi connectivity index (χ1v) is 6.46. The van der Waals surface area contributed by atoms with E-state index in [2.05, 4.69) is 15.9 Å². The van der Waals surface area contributed by atoms with Crippen LogP contribution in [-0.2, 0) is 4.79 Å². The van der Waals surface area contributed by atoms with E-state index in [0.29, 0.717) is 18.0 Å². The number of nitrogens with zero attached hydrogens (tertiary/aromatic N) is 1. The Balaban J connectivity index is 2.28. The average Bonchev–Trinajstić information content (AvgIpc) is 2.60. The molecule has 1 aromatic rings. The predicted octanol–water partition coefficient (Wildman–Crippen LogP) is 2.33. The van der Waals surface area contributed by atoms with Gasteiger partial charge in [-0.25, -0.2) is 0 Å². The highest BCUT2D eigenvalue weighted by atomic mass is 79.9. The number of hydrogen-bond acceptors (Lipinski definition) is 2. The fourth-order valence-electron chi connectivity index (χ4n) is 2.04. The van der Waals surface area contributed by atoms with Crippen LogP contribution >= 0.6 is 15.9 Å². The minimum Gasteiger partial charge on any atom is -0.397 e. The van der Waals surface area contributed by atoms with Crippen LogP contribution in [0.3, 0.4) is 0 Å². The van der Waals surface area contributed by atoms with Crippen LogP contribution in [0.25, 0.3) is 0 Å². The molecule has 2 rings (SSSR count). The highest BCUT2D eigenvalue weighted by molar-refractivity contribution is 9.09. The van der Waals surface area contributed by atoms with Crippen LogP contribution in [-0.4, -0.2) is 17.8 Å². The summed E-state index contributed by atoms with van der Waals surface area (Å²) in [6.07, 6.45) is 0.610. The van der Waals surface area contributed by atoms with Crippen molar-refractivity contribution in [2.24, 2.45) is 5.92 Å². The van der Waals surface area contributed by atoms with E-state index in [1.54, 1.807) is 4.90 Å². The number of nitrogens with two attached hydrogens (primary N) is 1. The quantitative estimate of drug-likeness (QED) is 0.669. The van der Waals surface area contributed by atoms with Crippen molar-refractivity contribution in [3.05, 3.63) is 23.8 Å². The Morgan fingerprint density at radius 3 is 2.88 bits per heavy atom. The van der Waals surface area contributed by atoms with Crippen LogP contribution < -0.4 is 10.6 Å². The van der Waals surface area contributed by atoms with Crippen molar-refractivity contribution in [1.82, 2.24) is 0 Å². The molecule has 1 amide bonds. The fourth-order valence-corrected chi connectivity index (χ4v) is 2.47. The number of hydrogen-bond donors (Lipinski definition) is 1. The molecule has 16 heavy (non-hydrogen) atoms. The van der Waals surface area contributed by atoms with Gasteiger partial charge in [0, 0.05) is 18.3 Å². The van der Waals surface area contributed by atoms with E-state index in [1.165, 1.54) is 0 Å². The number of anilines is 2. The van der Waals surface area contributed by atoms with Gasteiger partial charge in [-0.2, -0.15) is 0 Å². The van der Waals surface area contributed by atoms with E-state index < -0.39 is 0 Å². The summed E-state index contributed by atoms with van der Waals surface area (Å²) < 4.78 is 0. The van der Waals surface area contributed by atoms with Gasteiger partial charge in [-0.1, -0.05) is 22.0 Å². The topological polar surface area (TPSA) is 46.3 Å². The zero-order valence-electron chi connectivity index (χ0n) is 9.24. The van der Waals surface area contributed by atoms with Gasteiger partial charge in [-0.05, 0) is 30.5 Å². The Morgan fingerprint density at radius 2 is 2.31 bits per heavy atom. The second-order valence-corrected chi connectivity index (χ2v) is 4.94. The highest BCUT2D eigenvalue weighted by Gasteiger charge is 2.30. The van der Waals surface area contributed by atoms with Crippen molar-refractivity contribution < 1.29 is 4.79 Å². The van der Waals surface area contributed by atoms with Gasteiger partial charge in [0.25, 0.3) is 0 Å². The molecule has 1 fully saturated rings. The summed E-state index contributed by atoms with van der Waals surface area (Å²) in [5, 5.41) is 0.862. The molecule has 3 nitrogen and oxygen atoms in total. The van der Waals surface area contributed by atoms with E-state index in [0.717, 1.165) is 23.1 Å². The first-order chi connectivity index (χ1) is 7.61. The number of amides is 1. The third-order valence-corrected chi connectivity index (χ3v) is 3.81. The number of carbonyl (C=O) groups excluding carboxylic acids is 1. The van der Waals surface area contributed by atoms with Gasteiger partial charge < -0.3 is 10.6 Å². The molecule has 0 radical (unpaired) electrons. The normalized spacial score (nSPS) is 20.5. The van der Waals surface area contributed by atoms with E-state index in [9.17, 15) is 4.79 Å². The molecule has 1 aromatic carbocycles. The maximum Gasteiger partial charge on any atom is 0.227 e. The van der Waals surface area contributed by atoms with E-state index in [4.69, 9.17) is 5.73 Å². The molecule has 1 aliphatic heterocycles. The molecule has 2 N–H and O–H groups in total. The molecule has 1 heterocycles. The van der Waals surface area contributed by atoms with Gasteiger partial charge >= 0.3 is 0 Å². The van der Waals surface area contributed by atoms with E-state index in [1.807, 2.05) is 25.1 Å². The van der Waals surface area contributed by atoms with Crippen molar-refractivity contribution >= 4 is 33.2 Å². The van der Waals surface area contributed by atoms with E-state index >= 15 is 0 Å². The molecule has 0 aromatic heterocycles. The summed E-state index contributed by atoms with van der Waals surface area (Å²) in [7, 11) is 0. The zero-order chi connectivity index (χ0) is 11.7. The van der Waals surface area contributed by atoms with Crippen LogP contribution in [0.1, 0.15) is 12.0 Å². The summed E-state index contributed by atoms with van der Waals surface area (Å²) >= 11 is 3.42. The number of aryl methyl sites for hydroxylation is 1. The summed E-state index contributed by atoms with van der Waals surface area (Å²) in [6, 6.07) is 5.82. The van der Waals surface area contributed by atoms with Crippen LogP contribution in [0.5, 0.6) is 0 Å². The second-order valence-electron chi connectivity index (χ2n) is 4.29. The molecule has 0 spiro atoms. The van der Waals surface area contributed by atoms with Crippen LogP contribution in [0.15, 0.2) is 18.2 Å². The molecule has 4 heteroatoms. The largest absolute Gasteiger partial charge is 0.397 e. The average molecular weight is 283 g/mol. The number of halogens is 1. The third-order valence-electron chi connectivity index (χ3n) is 2.90. The molecule has 1 unspecified atom stereocenters. The zero-order valence-corrected chi connectivity index (χ0v) is 10.8. The van der Waals surface area contributed by atoms with Gasteiger partial charge in [0.1, 0.15) is 0 Å². The summed E-state index contributed by atoms with van der Waals surface area (Å²) in [6.45, 7) is 2.75. The van der Waals surface area contributed by atoms with Gasteiger partial charge in [0.05, 0.1) is 11.4 Å². The van der Waals surface area contributed by atoms with Gasteiger partial charge in [0.15, 0.2) is 0 Å². The Bertz CT molecular complexity index is 419. The van der Waals surface area contributed by atoms with Gasteiger partial charge in [-0.3, -0.25) is 4.79 Å². The number of nitrogen functional groups attached to an aromatic ring is 1. The summed E-state index contributed by atoms with van der Waals surface area (Å²) in [4.78, 5) is 13.6. The molecular formula is C12H15BrN2O. The van der Waals surface area contributed by atoms with Crippen molar-refractivity contribution in [2.45, 2.75) is 13.3 Å². The number of rotatable bonds is 2. The Labute approximate surface area is 104 Å². The molecule has 0 aliphatic carbocycles. The Hall–Kier alpha value is -1.03. The lowest BCUT2D eigenvalue weighted by atomic mass is 10.1. The lowest BCUT2D eigenvalue weighted by molar-refractivity contribution is -0.117. The molecule has 1 atom stereocenters. The van der Waals surface area contributed by atoms with Gasteiger partial charge in [-0.15, -0.1) is 0 Å². The smallest absolute Gasteiger partial charge is 0.227 e. The second kappa shape index (κ2) is 4.45. The maximum absolute atomic E-state index is 11.8. The van der Waals surface area contributed by atoms with Crippen LogP contribution in [0.4, 0.5) is 11.4 Å². The first-order valence-electron chi connectivity index (χ1n) is 5.34. The minimum atomic E-state index is 0.167. The summed E-state index contributed by atoms with van der Waals surface area (Å²) in [5.74, 6) is 0.563. The van der Waals surface area contributed by atoms with Crippen molar-refractivity contribution in [3.63, 3.8) is 0 Å². The molecule has 0 saturated carbocycles. The van der Waals surface area contributed by atoms with Crippen molar-refractivity contribution in [1.29, 1.82) is 0 Å². The molecule has 1 saturated heterocycles. The Morgan fingerprint density at radius 1 is 1.56 bits per heavy atom. The number of benzene rings is 1. The Kier molecular flexibility index (Phi) is 3.19. The number of alkyl halides is 1. The van der Waals surface area contributed by atoms with Crippen molar-refractivity contribution in [2.75, 3.05) is 22.5 Å². The van der Waals surface area contributed by atoms with Gasteiger partial charge in [0.2, 0.25) is 5.91 Å². The standard InChI is InChI=1S/C12H15BrN2O/c1-8-2-3-11(10(14)4-8)15-7-9(6-13)5-12(15)16/h2-4,9H,5-7,14H2,1H3. The highest BCUT2D eigenvalue weighted by Crippen LogP contribution is 2.30. The number of carbonyl (C=O) groups is 1. The molecule has 86 valence electrons. The van der Waals surface area contributed by atoms with E-state index in [-0.39, 0.29) is 5.91 Å². The fraction of sp³-hybridized carbons (Fsp3) is 0.417. The minimum absolute atomic E-state index is 0.167. The molecular weight excluding hydrogens is 268 g/mol. The van der Waals surface area contributed by atoms with Crippen LogP contribution in [0, 0.1) is 12.8 Å².